The molecule has 0 aromatic heterocycles. The van der Waals surface area contributed by atoms with E-state index >= 15 is 0 Å². The van der Waals surface area contributed by atoms with Crippen LogP contribution in [0.15, 0.2) is 18.2 Å². The summed E-state index contributed by atoms with van der Waals surface area (Å²) in [7, 11) is 3.19. The van der Waals surface area contributed by atoms with Gasteiger partial charge in [0.15, 0.2) is 0 Å². The smallest absolute Gasteiger partial charge is 0.140 e. The minimum Gasteiger partial charge on any atom is -0.497 e. The number of benzene rings is 1. The SMILES string of the molecule is COc1cc(COC2CNCC2F)cc(OC)c1. The summed E-state index contributed by atoms with van der Waals surface area (Å²) in [5.74, 6) is 1.41. The average molecular weight is 255 g/mol. The molecule has 1 aliphatic rings. The molecule has 1 aliphatic heterocycles. The zero-order valence-electron chi connectivity index (χ0n) is 10.6. The van der Waals surface area contributed by atoms with Crippen LogP contribution in [0, 0.1) is 0 Å². The normalized spacial score (nSPS) is 23.1. The fourth-order valence-corrected chi connectivity index (χ4v) is 1.94. The molecule has 1 aromatic carbocycles. The predicted molar refractivity (Wildman–Crippen MR) is 65.9 cm³/mol. The Morgan fingerprint density at radius 2 is 1.83 bits per heavy atom. The van der Waals surface area contributed by atoms with Gasteiger partial charge in [0.2, 0.25) is 0 Å². The fourth-order valence-electron chi connectivity index (χ4n) is 1.94. The number of rotatable bonds is 5. The van der Waals surface area contributed by atoms with Gasteiger partial charge in [0.1, 0.15) is 23.8 Å². The second kappa shape index (κ2) is 6.02. The molecular formula is C13H18FNO3. The molecule has 1 N–H and O–H groups in total. The number of methoxy groups -OCH3 is 2. The van der Waals surface area contributed by atoms with Crippen molar-refractivity contribution in [3.8, 4) is 11.5 Å². The number of ether oxygens (including phenoxy) is 3. The minimum atomic E-state index is -0.933. The molecule has 1 saturated heterocycles. The summed E-state index contributed by atoms with van der Waals surface area (Å²) in [5, 5.41) is 2.95. The standard InChI is InChI=1S/C13H18FNO3/c1-16-10-3-9(4-11(5-10)17-2)8-18-13-7-15-6-12(13)14/h3-5,12-13,15H,6-8H2,1-2H3. The van der Waals surface area contributed by atoms with Gasteiger partial charge in [0, 0.05) is 19.2 Å². The van der Waals surface area contributed by atoms with E-state index < -0.39 is 6.17 Å². The van der Waals surface area contributed by atoms with Gasteiger partial charge in [-0.1, -0.05) is 0 Å². The second-order valence-corrected chi connectivity index (χ2v) is 4.24. The van der Waals surface area contributed by atoms with Crippen LogP contribution in [-0.2, 0) is 11.3 Å². The number of hydrogen-bond donors (Lipinski definition) is 1. The molecule has 2 atom stereocenters. The molecule has 2 rings (SSSR count). The monoisotopic (exact) mass is 255 g/mol. The number of alkyl halides is 1. The molecule has 1 heterocycles. The second-order valence-electron chi connectivity index (χ2n) is 4.24. The minimum absolute atomic E-state index is 0.348. The molecule has 0 bridgehead atoms. The van der Waals surface area contributed by atoms with Gasteiger partial charge in [-0.2, -0.15) is 0 Å². The van der Waals surface area contributed by atoms with E-state index in [4.69, 9.17) is 14.2 Å². The van der Waals surface area contributed by atoms with Crippen LogP contribution in [0.1, 0.15) is 5.56 Å². The quantitative estimate of drug-likeness (QED) is 0.866. The summed E-state index contributed by atoms with van der Waals surface area (Å²) in [6.07, 6.45) is -1.31. The largest absolute Gasteiger partial charge is 0.497 e. The molecule has 18 heavy (non-hydrogen) atoms. The molecule has 0 saturated carbocycles. The third-order valence-electron chi connectivity index (χ3n) is 2.96. The zero-order valence-corrected chi connectivity index (χ0v) is 10.6. The van der Waals surface area contributed by atoms with E-state index in [9.17, 15) is 4.39 Å². The van der Waals surface area contributed by atoms with E-state index in [-0.39, 0.29) is 6.10 Å². The van der Waals surface area contributed by atoms with E-state index in [0.717, 1.165) is 5.56 Å². The molecule has 0 aliphatic carbocycles. The van der Waals surface area contributed by atoms with Crippen LogP contribution in [0.25, 0.3) is 0 Å². The summed E-state index contributed by atoms with van der Waals surface area (Å²) < 4.78 is 29.2. The van der Waals surface area contributed by atoms with Crippen molar-refractivity contribution in [3.63, 3.8) is 0 Å². The lowest BCUT2D eigenvalue weighted by Gasteiger charge is -2.14. The Labute approximate surface area is 106 Å². The van der Waals surface area contributed by atoms with E-state index in [2.05, 4.69) is 5.32 Å². The van der Waals surface area contributed by atoms with Crippen molar-refractivity contribution in [1.29, 1.82) is 0 Å². The van der Waals surface area contributed by atoms with Crippen LogP contribution in [-0.4, -0.2) is 39.6 Å². The van der Waals surface area contributed by atoms with Gasteiger partial charge in [-0.25, -0.2) is 4.39 Å². The van der Waals surface area contributed by atoms with E-state index in [1.807, 2.05) is 12.1 Å². The molecule has 100 valence electrons. The van der Waals surface area contributed by atoms with Crippen LogP contribution in [0.2, 0.25) is 0 Å². The molecule has 0 spiro atoms. The number of nitrogens with one attached hydrogen (secondary N) is 1. The average Bonchev–Trinajstić information content (AvgIpc) is 2.81. The molecule has 5 heteroatoms. The van der Waals surface area contributed by atoms with Gasteiger partial charge in [-0.15, -0.1) is 0 Å². The molecule has 4 nitrogen and oxygen atoms in total. The van der Waals surface area contributed by atoms with Crippen molar-refractivity contribution in [1.82, 2.24) is 5.32 Å². The third kappa shape index (κ3) is 3.11. The van der Waals surface area contributed by atoms with Crippen LogP contribution in [0.3, 0.4) is 0 Å². The maximum atomic E-state index is 13.3. The molecule has 1 aromatic rings. The Morgan fingerprint density at radius 3 is 2.33 bits per heavy atom. The first-order valence-corrected chi connectivity index (χ1v) is 5.91. The molecular weight excluding hydrogens is 237 g/mol. The Kier molecular flexibility index (Phi) is 4.38. The van der Waals surface area contributed by atoms with Crippen LogP contribution < -0.4 is 14.8 Å². The highest BCUT2D eigenvalue weighted by molar-refractivity contribution is 5.38. The fraction of sp³-hybridized carbons (Fsp3) is 0.538. The van der Waals surface area contributed by atoms with Crippen LogP contribution in [0.5, 0.6) is 11.5 Å². The van der Waals surface area contributed by atoms with Crippen molar-refractivity contribution in [2.24, 2.45) is 0 Å². The van der Waals surface area contributed by atoms with Crippen LogP contribution in [0.4, 0.5) is 4.39 Å². The summed E-state index contributed by atoms with van der Waals surface area (Å²) in [5.41, 5.74) is 0.908. The lowest BCUT2D eigenvalue weighted by Crippen LogP contribution is -2.23. The lowest BCUT2D eigenvalue weighted by atomic mass is 10.2. The Balaban J connectivity index is 1.99. The number of hydrogen-bond acceptors (Lipinski definition) is 4. The first kappa shape index (κ1) is 13.1. The molecule has 0 amide bonds. The van der Waals surface area contributed by atoms with E-state index in [1.165, 1.54) is 0 Å². The van der Waals surface area contributed by atoms with Crippen molar-refractivity contribution in [2.75, 3.05) is 27.3 Å². The van der Waals surface area contributed by atoms with Gasteiger partial charge in [-0.3, -0.25) is 0 Å². The summed E-state index contributed by atoms with van der Waals surface area (Å²) in [6.45, 7) is 1.27. The van der Waals surface area contributed by atoms with Crippen molar-refractivity contribution >= 4 is 0 Å². The van der Waals surface area contributed by atoms with Gasteiger partial charge >= 0.3 is 0 Å². The number of halogens is 1. The Hall–Kier alpha value is -1.33. The lowest BCUT2D eigenvalue weighted by molar-refractivity contribution is 0.0138. The van der Waals surface area contributed by atoms with Crippen molar-refractivity contribution in [2.45, 2.75) is 18.9 Å². The Morgan fingerprint density at radius 1 is 1.17 bits per heavy atom. The molecule has 1 fully saturated rings. The van der Waals surface area contributed by atoms with E-state index in [0.29, 0.717) is 31.2 Å². The highest BCUT2D eigenvalue weighted by atomic mass is 19.1. The molecule has 0 radical (unpaired) electrons. The highest BCUT2D eigenvalue weighted by Gasteiger charge is 2.27. The summed E-state index contributed by atoms with van der Waals surface area (Å²) in [6, 6.07) is 5.51. The maximum absolute atomic E-state index is 13.3. The zero-order chi connectivity index (χ0) is 13.0. The first-order valence-electron chi connectivity index (χ1n) is 5.91. The Bertz CT molecular complexity index is 378. The van der Waals surface area contributed by atoms with E-state index in [1.54, 1.807) is 20.3 Å². The van der Waals surface area contributed by atoms with Crippen molar-refractivity contribution in [3.05, 3.63) is 23.8 Å². The third-order valence-corrected chi connectivity index (χ3v) is 2.96. The molecule has 2 unspecified atom stereocenters. The first-order chi connectivity index (χ1) is 8.72. The topological polar surface area (TPSA) is 39.7 Å². The predicted octanol–water partition coefficient (Wildman–Crippen LogP) is 1.53. The van der Waals surface area contributed by atoms with Gasteiger partial charge in [0.25, 0.3) is 0 Å². The summed E-state index contributed by atoms with van der Waals surface area (Å²) >= 11 is 0. The maximum Gasteiger partial charge on any atom is 0.140 e. The van der Waals surface area contributed by atoms with Gasteiger partial charge in [0.05, 0.1) is 20.8 Å². The van der Waals surface area contributed by atoms with Crippen LogP contribution >= 0.6 is 0 Å². The highest BCUT2D eigenvalue weighted by Crippen LogP contribution is 2.23. The van der Waals surface area contributed by atoms with Gasteiger partial charge in [-0.05, 0) is 17.7 Å². The van der Waals surface area contributed by atoms with Crippen molar-refractivity contribution < 1.29 is 18.6 Å². The van der Waals surface area contributed by atoms with Gasteiger partial charge < -0.3 is 19.5 Å². The summed E-state index contributed by atoms with van der Waals surface area (Å²) in [4.78, 5) is 0.